The average Bonchev–Trinajstić information content (AvgIpc) is 1.99. The predicted octanol–water partition coefficient (Wildman–Crippen LogP) is 1.11. The summed E-state index contributed by atoms with van der Waals surface area (Å²) in [5, 5.41) is 2.62. The number of hydrogen-bond donors (Lipinski definition) is 2. The Hall–Kier alpha value is -0.770. The van der Waals surface area contributed by atoms with E-state index in [9.17, 15) is 4.79 Å². The Balaban J connectivity index is 3.64. The number of amides is 1. The number of hydrogen-bond acceptors (Lipinski definition) is 3. The third-order valence-electron chi connectivity index (χ3n) is 1.35. The van der Waals surface area contributed by atoms with E-state index in [1.165, 1.54) is 0 Å². The summed E-state index contributed by atoms with van der Waals surface area (Å²) in [4.78, 5) is 11.1. The van der Waals surface area contributed by atoms with Gasteiger partial charge in [-0.1, -0.05) is 20.8 Å². The van der Waals surface area contributed by atoms with Crippen molar-refractivity contribution in [3.63, 3.8) is 0 Å². The average molecular weight is 188 g/mol. The maximum atomic E-state index is 11.1. The van der Waals surface area contributed by atoms with E-state index < -0.39 is 6.09 Å². The molecule has 0 bridgehead atoms. The largest absolute Gasteiger partial charge is 0.449 e. The summed E-state index contributed by atoms with van der Waals surface area (Å²) >= 11 is 0. The number of rotatable bonds is 3. The van der Waals surface area contributed by atoms with Crippen molar-refractivity contribution in [1.29, 1.82) is 0 Å². The van der Waals surface area contributed by atoms with Crippen LogP contribution < -0.4 is 11.1 Å². The highest BCUT2D eigenvalue weighted by Crippen LogP contribution is 2.12. The fraction of sp³-hybridized carbons (Fsp3) is 0.889. The molecule has 0 aromatic rings. The standard InChI is InChI=1S/C9H20N2O2/c1-7(5-10)11-8(12)13-6-9(2,3)4/h7H,5-6,10H2,1-4H3,(H,11,12). The first-order valence-electron chi connectivity index (χ1n) is 4.48. The van der Waals surface area contributed by atoms with E-state index in [0.29, 0.717) is 13.2 Å². The van der Waals surface area contributed by atoms with Crippen molar-refractivity contribution in [2.45, 2.75) is 33.7 Å². The van der Waals surface area contributed by atoms with Crippen LogP contribution in [0.1, 0.15) is 27.7 Å². The number of nitrogens with one attached hydrogen (secondary N) is 1. The number of nitrogens with two attached hydrogens (primary N) is 1. The Morgan fingerprint density at radius 2 is 2.08 bits per heavy atom. The minimum absolute atomic E-state index is 0.00327. The van der Waals surface area contributed by atoms with Gasteiger partial charge in [-0.25, -0.2) is 4.79 Å². The van der Waals surface area contributed by atoms with Crippen molar-refractivity contribution >= 4 is 6.09 Å². The molecule has 1 amide bonds. The molecule has 13 heavy (non-hydrogen) atoms. The zero-order valence-electron chi connectivity index (χ0n) is 8.89. The van der Waals surface area contributed by atoms with Crippen LogP contribution in [0.4, 0.5) is 4.79 Å². The van der Waals surface area contributed by atoms with Gasteiger partial charge in [-0.3, -0.25) is 0 Å². The third kappa shape index (κ3) is 7.59. The van der Waals surface area contributed by atoms with Crippen LogP contribution in [-0.4, -0.2) is 25.3 Å². The third-order valence-corrected chi connectivity index (χ3v) is 1.35. The summed E-state index contributed by atoms with van der Waals surface area (Å²) in [7, 11) is 0. The van der Waals surface area contributed by atoms with Crippen LogP contribution >= 0.6 is 0 Å². The monoisotopic (exact) mass is 188 g/mol. The molecule has 0 spiro atoms. The predicted molar refractivity (Wildman–Crippen MR) is 52.5 cm³/mol. The molecule has 4 nitrogen and oxygen atoms in total. The number of carbonyl (C=O) groups is 1. The van der Waals surface area contributed by atoms with E-state index in [-0.39, 0.29) is 11.5 Å². The minimum atomic E-state index is -0.395. The molecule has 0 aromatic carbocycles. The van der Waals surface area contributed by atoms with Crippen molar-refractivity contribution < 1.29 is 9.53 Å². The van der Waals surface area contributed by atoms with Crippen LogP contribution in [-0.2, 0) is 4.74 Å². The molecule has 1 unspecified atom stereocenters. The Morgan fingerprint density at radius 3 is 2.46 bits per heavy atom. The molecule has 0 saturated carbocycles. The molecule has 0 aliphatic heterocycles. The first kappa shape index (κ1) is 12.2. The first-order chi connectivity index (χ1) is 5.85. The summed E-state index contributed by atoms with van der Waals surface area (Å²) in [6.45, 7) is 8.69. The second-order valence-corrected chi connectivity index (χ2v) is 4.42. The van der Waals surface area contributed by atoms with Crippen molar-refractivity contribution in [3.8, 4) is 0 Å². The fourth-order valence-electron chi connectivity index (χ4n) is 0.584. The molecule has 78 valence electrons. The van der Waals surface area contributed by atoms with Gasteiger partial charge in [0.1, 0.15) is 0 Å². The molecule has 0 heterocycles. The highest BCUT2D eigenvalue weighted by Gasteiger charge is 2.14. The molecule has 0 aromatic heterocycles. The lowest BCUT2D eigenvalue weighted by atomic mass is 9.99. The van der Waals surface area contributed by atoms with Crippen molar-refractivity contribution in [1.82, 2.24) is 5.32 Å². The Morgan fingerprint density at radius 1 is 1.54 bits per heavy atom. The van der Waals surface area contributed by atoms with Crippen molar-refractivity contribution in [2.75, 3.05) is 13.2 Å². The van der Waals surface area contributed by atoms with E-state index in [4.69, 9.17) is 10.5 Å². The van der Waals surface area contributed by atoms with E-state index in [1.54, 1.807) is 0 Å². The second-order valence-electron chi connectivity index (χ2n) is 4.42. The maximum absolute atomic E-state index is 11.1. The van der Waals surface area contributed by atoms with Crippen molar-refractivity contribution in [2.24, 2.45) is 11.1 Å². The molecule has 4 heteroatoms. The lowest BCUT2D eigenvalue weighted by molar-refractivity contribution is 0.104. The number of carbonyl (C=O) groups excluding carboxylic acids is 1. The Bertz CT molecular complexity index is 163. The van der Waals surface area contributed by atoms with Gasteiger partial charge in [0, 0.05) is 12.6 Å². The SMILES string of the molecule is CC(CN)NC(=O)OCC(C)(C)C. The minimum Gasteiger partial charge on any atom is -0.449 e. The molecule has 3 N–H and O–H groups in total. The van der Waals surface area contributed by atoms with Gasteiger partial charge >= 0.3 is 6.09 Å². The topological polar surface area (TPSA) is 64.3 Å². The molecule has 0 radical (unpaired) electrons. The lowest BCUT2D eigenvalue weighted by Crippen LogP contribution is -2.39. The van der Waals surface area contributed by atoms with Gasteiger partial charge in [-0.05, 0) is 12.3 Å². The smallest absolute Gasteiger partial charge is 0.407 e. The van der Waals surface area contributed by atoms with Crippen LogP contribution in [0.15, 0.2) is 0 Å². The Labute approximate surface area is 79.8 Å². The highest BCUT2D eigenvalue weighted by atomic mass is 16.5. The fourth-order valence-corrected chi connectivity index (χ4v) is 0.584. The molecule has 0 aliphatic rings. The normalized spacial score (nSPS) is 13.6. The summed E-state index contributed by atoms with van der Waals surface area (Å²) in [5.74, 6) is 0. The van der Waals surface area contributed by atoms with Gasteiger partial charge < -0.3 is 15.8 Å². The molecule has 0 saturated heterocycles. The lowest BCUT2D eigenvalue weighted by Gasteiger charge is -2.19. The summed E-state index contributed by atoms with van der Waals surface area (Å²) in [6, 6.07) is -0.0348. The van der Waals surface area contributed by atoms with Crippen LogP contribution in [0.3, 0.4) is 0 Å². The maximum Gasteiger partial charge on any atom is 0.407 e. The summed E-state index contributed by atoms with van der Waals surface area (Å²) < 4.78 is 4.97. The molecule has 1 atom stereocenters. The van der Waals surface area contributed by atoms with E-state index in [1.807, 2.05) is 27.7 Å². The molecular weight excluding hydrogens is 168 g/mol. The first-order valence-corrected chi connectivity index (χ1v) is 4.48. The zero-order chi connectivity index (χ0) is 10.5. The van der Waals surface area contributed by atoms with Gasteiger partial charge in [0.15, 0.2) is 0 Å². The molecule has 0 rings (SSSR count). The zero-order valence-corrected chi connectivity index (χ0v) is 8.89. The van der Waals surface area contributed by atoms with Crippen molar-refractivity contribution in [3.05, 3.63) is 0 Å². The molecule has 0 fully saturated rings. The van der Waals surface area contributed by atoms with Crippen LogP contribution in [0.2, 0.25) is 0 Å². The summed E-state index contributed by atoms with van der Waals surface area (Å²) in [5.41, 5.74) is 5.34. The van der Waals surface area contributed by atoms with Crippen LogP contribution in [0, 0.1) is 5.41 Å². The number of ether oxygens (including phenoxy) is 1. The summed E-state index contributed by atoms with van der Waals surface area (Å²) in [6.07, 6.45) is -0.395. The van der Waals surface area contributed by atoms with E-state index in [2.05, 4.69) is 5.32 Å². The quantitative estimate of drug-likeness (QED) is 0.697. The van der Waals surface area contributed by atoms with E-state index >= 15 is 0 Å². The second kappa shape index (κ2) is 5.07. The van der Waals surface area contributed by atoms with Gasteiger partial charge in [-0.15, -0.1) is 0 Å². The Kier molecular flexibility index (Phi) is 4.77. The highest BCUT2D eigenvalue weighted by molar-refractivity contribution is 5.67. The van der Waals surface area contributed by atoms with Gasteiger partial charge in [-0.2, -0.15) is 0 Å². The van der Waals surface area contributed by atoms with E-state index in [0.717, 1.165) is 0 Å². The van der Waals surface area contributed by atoms with Crippen LogP contribution in [0.5, 0.6) is 0 Å². The number of alkyl carbamates (subject to hydrolysis) is 1. The molecule has 0 aliphatic carbocycles. The van der Waals surface area contributed by atoms with Gasteiger partial charge in [0.2, 0.25) is 0 Å². The van der Waals surface area contributed by atoms with Gasteiger partial charge in [0.05, 0.1) is 6.61 Å². The van der Waals surface area contributed by atoms with Crippen LogP contribution in [0.25, 0.3) is 0 Å². The molecular formula is C9H20N2O2. The van der Waals surface area contributed by atoms with Gasteiger partial charge in [0.25, 0.3) is 0 Å².